The largest absolute Gasteiger partial charge is 0.437 e. The molecule has 16 heavy (non-hydrogen) atoms. The second-order valence-corrected chi connectivity index (χ2v) is 4.08. The Labute approximate surface area is 96.1 Å². The molecule has 0 amide bonds. The summed E-state index contributed by atoms with van der Waals surface area (Å²) in [6.45, 7) is 8.95. The number of nitrogens with one attached hydrogen (secondary N) is 1. The number of hydrogen-bond donors (Lipinski definition) is 1. The molecular weight excluding hydrogens is 202 g/mol. The first-order chi connectivity index (χ1) is 7.44. The third-order valence-corrected chi connectivity index (χ3v) is 2.10. The van der Waals surface area contributed by atoms with Crippen molar-refractivity contribution in [3.8, 4) is 0 Å². The van der Waals surface area contributed by atoms with Crippen molar-refractivity contribution in [1.29, 1.82) is 0 Å². The Morgan fingerprint density at radius 1 is 1.44 bits per heavy atom. The fourth-order valence-electron chi connectivity index (χ4n) is 1.36. The molecule has 0 fully saturated rings. The number of ether oxygens (including phenoxy) is 1. The fourth-order valence-corrected chi connectivity index (χ4v) is 1.36. The van der Waals surface area contributed by atoms with Crippen molar-refractivity contribution in [2.45, 2.75) is 26.5 Å². The summed E-state index contributed by atoms with van der Waals surface area (Å²) in [7, 11) is 0. The van der Waals surface area contributed by atoms with Crippen LogP contribution < -0.4 is 5.32 Å². The molecule has 0 radical (unpaired) electrons. The zero-order valence-corrected chi connectivity index (χ0v) is 9.91. The molecule has 0 atom stereocenters. The number of hydrogen-bond acceptors (Lipinski definition) is 3. The van der Waals surface area contributed by atoms with E-state index in [1.165, 1.54) is 0 Å². The molecule has 0 aliphatic carbocycles. The van der Waals surface area contributed by atoms with Gasteiger partial charge in [-0.15, -0.1) is 0 Å². The van der Waals surface area contributed by atoms with Crippen molar-refractivity contribution in [2.75, 3.05) is 5.32 Å². The Morgan fingerprint density at radius 2 is 2.06 bits per heavy atom. The lowest BCUT2D eigenvalue weighted by Gasteiger charge is -2.27. The normalized spacial score (nSPS) is 10.7. The van der Waals surface area contributed by atoms with Gasteiger partial charge in [-0.25, -0.2) is 4.79 Å². The van der Waals surface area contributed by atoms with Crippen LogP contribution in [0.1, 0.15) is 19.4 Å². The first-order valence-corrected chi connectivity index (χ1v) is 5.14. The lowest BCUT2D eigenvalue weighted by molar-refractivity contribution is -0.147. The first-order valence-electron chi connectivity index (χ1n) is 5.14. The highest BCUT2D eigenvalue weighted by atomic mass is 16.6. The van der Waals surface area contributed by atoms with Crippen molar-refractivity contribution in [1.82, 2.24) is 0 Å². The molecule has 1 rings (SSSR count). The minimum atomic E-state index is -0.753. The Kier molecular flexibility index (Phi) is 3.72. The summed E-state index contributed by atoms with van der Waals surface area (Å²) in [6.07, 6.45) is 1.15. The van der Waals surface area contributed by atoms with Crippen LogP contribution in [0.25, 0.3) is 0 Å². The lowest BCUT2D eigenvalue weighted by atomic mass is 10.2. The van der Waals surface area contributed by atoms with Crippen LogP contribution in [0.2, 0.25) is 0 Å². The maximum absolute atomic E-state index is 11.1. The summed E-state index contributed by atoms with van der Waals surface area (Å²) in [6, 6.07) is 7.83. The van der Waals surface area contributed by atoms with Gasteiger partial charge < -0.3 is 10.1 Å². The van der Waals surface area contributed by atoms with Gasteiger partial charge in [-0.05, 0) is 32.4 Å². The van der Waals surface area contributed by atoms with Gasteiger partial charge in [0.25, 0.3) is 0 Å². The van der Waals surface area contributed by atoms with Crippen LogP contribution in [-0.4, -0.2) is 11.7 Å². The predicted molar refractivity (Wildman–Crippen MR) is 65.2 cm³/mol. The number of para-hydroxylation sites is 1. The number of carbonyl (C=O) groups excluding carboxylic acids is 1. The molecule has 3 nitrogen and oxygen atoms in total. The molecular formula is C13H17NO2. The van der Waals surface area contributed by atoms with Crippen LogP contribution in [0.3, 0.4) is 0 Å². The number of rotatable bonds is 4. The van der Waals surface area contributed by atoms with Crippen LogP contribution >= 0.6 is 0 Å². The van der Waals surface area contributed by atoms with Crippen molar-refractivity contribution in [2.24, 2.45) is 0 Å². The van der Waals surface area contributed by atoms with Gasteiger partial charge in [0.15, 0.2) is 5.72 Å². The second-order valence-electron chi connectivity index (χ2n) is 4.08. The van der Waals surface area contributed by atoms with Gasteiger partial charge in [-0.2, -0.15) is 0 Å². The van der Waals surface area contributed by atoms with Crippen molar-refractivity contribution >= 4 is 11.7 Å². The molecule has 0 bridgehead atoms. The molecule has 3 heteroatoms. The van der Waals surface area contributed by atoms with Gasteiger partial charge in [0, 0.05) is 11.8 Å². The number of aryl methyl sites for hydroxylation is 1. The van der Waals surface area contributed by atoms with E-state index < -0.39 is 11.7 Å². The number of esters is 1. The average Bonchev–Trinajstić information content (AvgIpc) is 2.20. The highest BCUT2D eigenvalue weighted by Gasteiger charge is 2.21. The van der Waals surface area contributed by atoms with Gasteiger partial charge in [0.2, 0.25) is 0 Å². The molecule has 0 unspecified atom stereocenters. The minimum Gasteiger partial charge on any atom is -0.437 e. The van der Waals surface area contributed by atoms with Gasteiger partial charge >= 0.3 is 5.97 Å². The molecule has 0 heterocycles. The monoisotopic (exact) mass is 219 g/mol. The molecule has 1 aromatic carbocycles. The zero-order chi connectivity index (χ0) is 12.2. The first kappa shape index (κ1) is 12.3. The molecule has 0 saturated carbocycles. The standard InChI is InChI=1S/C13H17NO2/c1-5-12(15)16-13(3,4)14-11-9-7-6-8-10(11)2/h5-9,14H,1H2,2-4H3. The van der Waals surface area contributed by atoms with E-state index >= 15 is 0 Å². The molecule has 1 aromatic rings. The summed E-state index contributed by atoms with van der Waals surface area (Å²) in [5, 5.41) is 3.16. The predicted octanol–water partition coefficient (Wildman–Crippen LogP) is 2.87. The number of benzene rings is 1. The van der Waals surface area contributed by atoms with Crippen molar-refractivity contribution in [3.63, 3.8) is 0 Å². The molecule has 0 aliphatic rings. The Morgan fingerprint density at radius 3 is 2.62 bits per heavy atom. The van der Waals surface area contributed by atoms with E-state index in [1.54, 1.807) is 13.8 Å². The van der Waals surface area contributed by atoms with Gasteiger partial charge in [-0.1, -0.05) is 24.8 Å². The maximum atomic E-state index is 11.1. The average molecular weight is 219 g/mol. The minimum absolute atomic E-state index is 0.439. The SMILES string of the molecule is C=CC(=O)OC(C)(C)Nc1ccccc1C. The van der Waals surface area contributed by atoms with Crippen LogP contribution in [0.5, 0.6) is 0 Å². The van der Waals surface area contributed by atoms with E-state index in [0.29, 0.717) is 0 Å². The Balaban J connectivity index is 2.76. The molecule has 1 N–H and O–H groups in total. The number of carbonyl (C=O) groups is 1. The van der Waals surface area contributed by atoms with E-state index in [9.17, 15) is 4.79 Å². The molecule has 0 saturated heterocycles. The molecule has 0 aromatic heterocycles. The summed E-state index contributed by atoms with van der Waals surface area (Å²) >= 11 is 0. The van der Waals surface area contributed by atoms with Crippen LogP contribution in [-0.2, 0) is 9.53 Å². The third-order valence-electron chi connectivity index (χ3n) is 2.10. The van der Waals surface area contributed by atoms with E-state index in [0.717, 1.165) is 17.3 Å². The van der Waals surface area contributed by atoms with Crippen LogP contribution in [0.4, 0.5) is 5.69 Å². The van der Waals surface area contributed by atoms with E-state index in [4.69, 9.17) is 4.74 Å². The lowest BCUT2D eigenvalue weighted by Crippen LogP contribution is -2.36. The quantitative estimate of drug-likeness (QED) is 0.480. The topological polar surface area (TPSA) is 38.3 Å². The highest BCUT2D eigenvalue weighted by Crippen LogP contribution is 2.19. The fraction of sp³-hybridized carbons (Fsp3) is 0.308. The van der Waals surface area contributed by atoms with Crippen molar-refractivity contribution in [3.05, 3.63) is 42.5 Å². The summed E-state index contributed by atoms with van der Waals surface area (Å²) in [5.74, 6) is -0.439. The molecule has 0 aliphatic heterocycles. The van der Waals surface area contributed by atoms with Crippen LogP contribution in [0.15, 0.2) is 36.9 Å². The van der Waals surface area contributed by atoms with Gasteiger partial charge in [-0.3, -0.25) is 0 Å². The summed E-state index contributed by atoms with van der Waals surface area (Å²) in [5.41, 5.74) is 1.30. The van der Waals surface area contributed by atoms with E-state index in [-0.39, 0.29) is 0 Å². The van der Waals surface area contributed by atoms with Gasteiger partial charge in [0.1, 0.15) is 0 Å². The highest BCUT2D eigenvalue weighted by molar-refractivity contribution is 5.81. The maximum Gasteiger partial charge on any atom is 0.332 e. The smallest absolute Gasteiger partial charge is 0.332 e. The Bertz CT molecular complexity index is 397. The number of anilines is 1. The zero-order valence-electron chi connectivity index (χ0n) is 9.91. The van der Waals surface area contributed by atoms with E-state index in [1.807, 2.05) is 31.2 Å². The second kappa shape index (κ2) is 4.84. The van der Waals surface area contributed by atoms with Gasteiger partial charge in [0.05, 0.1) is 0 Å². The summed E-state index contributed by atoms with van der Waals surface area (Å²) in [4.78, 5) is 11.1. The third kappa shape index (κ3) is 3.42. The molecule has 86 valence electrons. The van der Waals surface area contributed by atoms with Crippen LogP contribution in [0, 0.1) is 6.92 Å². The molecule has 0 spiro atoms. The Hall–Kier alpha value is -1.77. The van der Waals surface area contributed by atoms with E-state index in [2.05, 4.69) is 11.9 Å². The van der Waals surface area contributed by atoms with Crippen molar-refractivity contribution < 1.29 is 9.53 Å². The summed E-state index contributed by atoms with van der Waals surface area (Å²) < 4.78 is 5.18.